The lowest BCUT2D eigenvalue weighted by Gasteiger charge is -2.32. The zero-order valence-electron chi connectivity index (χ0n) is 14.8. The monoisotopic (exact) mass is 343 g/mol. The fourth-order valence-corrected chi connectivity index (χ4v) is 2.75. The molecule has 6 nitrogen and oxygen atoms in total. The number of aromatic amines is 1. The molecule has 0 radical (unpaired) electrons. The van der Waals surface area contributed by atoms with Crippen molar-refractivity contribution >= 4 is 30.1 Å². The van der Waals surface area contributed by atoms with E-state index in [0.717, 1.165) is 16.5 Å². The zero-order valence-corrected chi connectivity index (χ0v) is 14.8. The first-order valence-corrected chi connectivity index (χ1v) is 8.16. The number of nitrogens with one attached hydrogen (secondary N) is 1. The van der Waals surface area contributed by atoms with E-state index in [-0.39, 0.29) is 12.3 Å². The molecular weight excluding hydrogens is 321 g/mol. The van der Waals surface area contributed by atoms with Gasteiger partial charge < -0.3 is 24.5 Å². The number of aromatic nitrogens is 1. The first-order valence-electron chi connectivity index (χ1n) is 8.16. The van der Waals surface area contributed by atoms with Crippen molar-refractivity contribution in [1.82, 2.24) is 4.98 Å². The lowest BCUT2D eigenvalue weighted by Crippen LogP contribution is -2.41. The maximum atomic E-state index is 11.1. The minimum atomic E-state index is -0.999. The number of carbonyl (C=O) groups is 1. The topological polar surface area (TPSA) is 91.8 Å². The summed E-state index contributed by atoms with van der Waals surface area (Å²) >= 11 is 0. The molecule has 2 aromatic rings. The van der Waals surface area contributed by atoms with Crippen molar-refractivity contribution < 1.29 is 24.3 Å². The molecule has 1 fully saturated rings. The van der Waals surface area contributed by atoms with Gasteiger partial charge in [-0.2, -0.15) is 0 Å². The average molecular weight is 343 g/mol. The van der Waals surface area contributed by atoms with Crippen LogP contribution in [0.15, 0.2) is 29.7 Å². The third kappa shape index (κ3) is 3.22. The first kappa shape index (κ1) is 17.7. The molecule has 1 aromatic carbocycles. The number of aliphatic hydroxyl groups is 1. The smallest absolute Gasteiger partial charge is 0.477 e. The van der Waals surface area contributed by atoms with Crippen molar-refractivity contribution in [2.45, 2.75) is 38.9 Å². The molecule has 132 valence electrons. The molecule has 7 heteroatoms. The van der Waals surface area contributed by atoms with E-state index in [1.165, 1.54) is 0 Å². The summed E-state index contributed by atoms with van der Waals surface area (Å²) in [5.41, 5.74) is 1.38. The molecule has 0 spiro atoms. The molecular formula is C18H22BNO5. The van der Waals surface area contributed by atoms with Crippen molar-refractivity contribution in [2.24, 2.45) is 0 Å². The lowest BCUT2D eigenvalue weighted by atomic mass is 9.77. The Morgan fingerprint density at radius 2 is 1.84 bits per heavy atom. The fraction of sp³-hybridized carbons (Fsp3) is 0.389. The van der Waals surface area contributed by atoms with Crippen LogP contribution in [0.3, 0.4) is 0 Å². The molecule has 0 amide bonds. The molecule has 1 saturated heterocycles. The Hall–Kier alpha value is -2.09. The summed E-state index contributed by atoms with van der Waals surface area (Å²) in [6.45, 7) is 7.65. The van der Waals surface area contributed by atoms with Crippen molar-refractivity contribution in [3.8, 4) is 0 Å². The Balaban J connectivity index is 1.92. The molecule has 1 aliphatic rings. The summed E-state index contributed by atoms with van der Waals surface area (Å²) in [7, 11) is -0.619. The minimum Gasteiger partial charge on any atom is -0.477 e. The quantitative estimate of drug-likeness (QED) is 0.743. The number of benzene rings is 1. The predicted molar refractivity (Wildman–Crippen MR) is 96.4 cm³/mol. The number of aromatic carboxylic acids is 1. The Morgan fingerprint density at radius 3 is 2.40 bits per heavy atom. The van der Waals surface area contributed by atoms with Crippen molar-refractivity contribution in [2.75, 3.05) is 6.61 Å². The van der Waals surface area contributed by atoms with Gasteiger partial charge in [0, 0.05) is 10.9 Å². The molecule has 1 aromatic heterocycles. The van der Waals surface area contributed by atoms with Crippen LogP contribution in [0.5, 0.6) is 0 Å². The van der Waals surface area contributed by atoms with Crippen LogP contribution in [0.25, 0.3) is 17.0 Å². The van der Waals surface area contributed by atoms with Crippen LogP contribution < -0.4 is 0 Å². The van der Waals surface area contributed by atoms with Gasteiger partial charge in [0.05, 0.1) is 17.8 Å². The number of aliphatic hydroxyl groups excluding tert-OH is 1. The van der Waals surface area contributed by atoms with Crippen LogP contribution in [0.4, 0.5) is 0 Å². The van der Waals surface area contributed by atoms with E-state index in [4.69, 9.17) is 14.4 Å². The Morgan fingerprint density at radius 1 is 1.20 bits per heavy atom. The fourth-order valence-electron chi connectivity index (χ4n) is 2.75. The Labute approximate surface area is 146 Å². The number of carboxylic acids is 1. The van der Waals surface area contributed by atoms with E-state index in [1.807, 2.05) is 52.0 Å². The molecule has 25 heavy (non-hydrogen) atoms. The van der Waals surface area contributed by atoms with Gasteiger partial charge in [0.1, 0.15) is 5.69 Å². The molecule has 3 N–H and O–H groups in total. The number of carboxylic acid groups (broad SMARTS) is 1. The van der Waals surface area contributed by atoms with E-state index < -0.39 is 24.3 Å². The van der Waals surface area contributed by atoms with Gasteiger partial charge in [-0.1, -0.05) is 12.1 Å². The zero-order chi connectivity index (χ0) is 18.4. The number of H-pyrrole nitrogens is 1. The van der Waals surface area contributed by atoms with Gasteiger partial charge in [-0.3, -0.25) is 0 Å². The third-order valence-electron chi connectivity index (χ3n) is 4.97. The van der Waals surface area contributed by atoms with Crippen LogP contribution in [-0.4, -0.2) is 46.1 Å². The summed E-state index contributed by atoms with van der Waals surface area (Å²) in [5.74, 6) is -0.999. The van der Waals surface area contributed by atoms with Crippen LogP contribution in [0, 0.1) is 0 Å². The van der Waals surface area contributed by atoms with Crippen molar-refractivity contribution in [3.05, 3.63) is 41.0 Å². The highest BCUT2D eigenvalue weighted by atomic mass is 16.7. The maximum Gasteiger partial charge on any atom is 0.492 e. The maximum absolute atomic E-state index is 11.1. The summed E-state index contributed by atoms with van der Waals surface area (Å²) in [5, 5.41) is 19.6. The lowest BCUT2D eigenvalue weighted by molar-refractivity contribution is 0.00578. The van der Waals surface area contributed by atoms with Crippen molar-refractivity contribution in [1.29, 1.82) is 0 Å². The second kappa shape index (κ2) is 6.02. The Kier molecular flexibility index (Phi) is 4.27. The predicted octanol–water partition coefficient (Wildman–Crippen LogP) is 2.87. The van der Waals surface area contributed by atoms with Crippen LogP contribution in [-0.2, 0) is 9.31 Å². The van der Waals surface area contributed by atoms with Crippen LogP contribution >= 0.6 is 0 Å². The summed E-state index contributed by atoms with van der Waals surface area (Å²) in [6, 6.07) is 7.11. The van der Waals surface area contributed by atoms with Gasteiger partial charge in [0.2, 0.25) is 0 Å². The molecule has 0 atom stereocenters. The minimum absolute atomic E-state index is 0.143. The van der Waals surface area contributed by atoms with Crippen LogP contribution in [0.2, 0.25) is 0 Å². The van der Waals surface area contributed by atoms with Gasteiger partial charge in [0.25, 0.3) is 0 Å². The second-order valence-corrected chi connectivity index (χ2v) is 7.30. The summed E-state index contributed by atoms with van der Waals surface area (Å²) < 4.78 is 12.0. The van der Waals surface area contributed by atoms with Gasteiger partial charge in [-0.05, 0) is 56.9 Å². The van der Waals surface area contributed by atoms with E-state index in [1.54, 1.807) is 6.07 Å². The Bertz CT molecular complexity index is 836. The third-order valence-corrected chi connectivity index (χ3v) is 4.97. The number of fused-ring (bicyclic) bond motifs is 1. The second-order valence-electron chi connectivity index (χ2n) is 7.30. The largest absolute Gasteiger partial charge is 0.492 e. The van der Waals surface area contributed by atoms with Gasteiger partial charge in [-0.25, -0.2) is 4.79 Å². The van der Waals surface area contributed by atoms with Gasteiger partial charge >= 0.3 is 13.1 Å². The van der Waals surface area contributed by atoms with Gasteiger partial charge in [0.15, 0.2) is 0 Å². The highest BCUT2D eigenvalue weighted by Gasteiger charge is 2.52. The number of hydrogen-bond donors (Lipinski definition) is 3. The molecule has 1 aliphatic heterocycles. The van der Waals surface area contributed by atoms with E-state index in [0.29, 0.717) is 5.47 Å². The van der Waals surface area contributed by atoms with E-state index >= 15 is 0 Å². The molecule has 3 rings (SSSR count). The first-order chi connectivity index (χ1) is 11.6. The summed E-state index contributed by atoms with van der Waals surface area (Å²) in [6.07, 6.45) is 1.81. The van der Waals surface area contributed by atoms with Gasteiger partial charge in [-0.15, -0.1) is 0 Å². The highest BCUT2D eigenvalue weighted by Crippen LogP contribution is 2.38. The van der Waals surface area contributed by atoms with E-state index in [2.05, 4.69) is 4.98 Å². The summed E-state index contributed by atoms with van der Waals surface area (Å²) in [4.78, 5) is 13.9. The molecule has 0 unspecified atom stereocenters. The highest BCUT2D eigenvalue weighted by molar-refractivity contribution is 6.55. The number of rotatable bonds is 4. The number of hydrogen-bond acceptors (Lipinski definition) is 4. The molecule has 0 aliphatic carbocycles. The van der Waals surface area contributed by atoms with Crippen LogP contribution in [0.1, 0.15) is 43.7 Å². The van der Waals surface area contributed by atoms with E-state index in [9.17, 15) is 9.90 Å². The standard InChI is InChI=1S/C18H22BNO5/c1-17(2)18(3,4)25-19(24-17)13(10-21)8-11-5-6-14-12(7-11)9-15(20-14)16(22)23/h5-9,20-21H,10H2,1-4H3,(H,22,23). The average Bonchev–Trinajstić information content (AvgIpc) is 3.03. The SMILES string of the molecule is CC1(C)OB(C(=Cc2ccc3[nH]c(C(=O)O)cc3c2)CO)OC1(C)C. The normalized spacial score (nSPS) is 19.6. The molecule has 2 heterocycles. The molecule has 0 bridgehead atoms. The van der Waals surface area contributed by atoms with Crippen molar-refractivity contribution in [3.63, 3.8) is 0 Å². The molecule has 0 saturated carbocycles.